The second-order valence-electron chi connectivity index (χ2n) is 12.1. The molecular weight excluding hydrogens is 530 g/mol. The lowest BCUT2D eigenvalue weighted by Crippen LogP contribution is -2.54. The molecule has 0 aliphatic carbocycles. The molecule has 1 aromatic heterocycles. The van der Waals surface area contributed by atoms with Gasteiger partial charge in [0.15, 0.2) is 0 Å². The Labute approximate surface area is 237 Å². The molecule has 3 aliphatic rings. The first-order valence-electron chi connectivity index (χ1n) is 14.5. The van der Waals surface area contributed by atoms with Gasteiger partial charge in [0, 0.05) is 76.0 Å². The van der Waals surface area contributed by atoms with E-state index in [2.05, 4.69) is 15.1 Å². The molecule has 2 bridgehead atoms. The van der Waals surface area contributed by atoms with E-state index in [0.717, 1.165) is 49.7 Å². The van der Waals surface area contributed by atoms with Gasteiger partial charge in [-0.15, -0.1) is 0 Å². The number of piperazine rings is 1. The predicted octanol–water partition coefficient (Wildman–Crippen LogP) is 1.49. The summed E-state index contributed by atoms with van der Waals surface area (Å²) in [6.45, 7) is 7.88. The molecule has 4 atom stereocenters. The van der Waals surface area contributed by atoms with E-state index in [9.17, 15) is 23.1 Å². The minimum Gasteiger partial charge on any atom is -0.396 e. The maximum absolute atomic E-state index is 13.4. The summed E-state index contributed by atoms with van der Waals surface area (Å²) >= 11 is 0. The van der Waals surface area contributed by atoms with Crippen molar-refractivity contribution in [2.24, 2.45) is 5.92 Å². The van der Waals surface area contributed by atoms with Crippen LogP contribution < -0.4 is 10.9 Å². The third-order valence-electron chi connectivity index (χ3n) is 8.97. The minimum absolute atomic E-state index is 0.0104. The van der Waals surface area contributed by atoms with E-state index in [1.54, 1.807) is 10.6 Å². The number of aliphatic hydroxyl groups is 1. The smallest absolute Gasteiger partial charge is 0.264 e. The van der Waals surface area contributed by atoms with Crippen LogP contribution in [0.3, 0.4) is 0 Å². The van der Waals surface area contributed by atoms with Crippen molar-refractivity contribution in [3.8, 4) is 0 Å². The van der Waals surface area contributed by atoms with Gasteiger partial charge in [0.25, 0.3) is 11.5 Å². The third-order valence-corrected chi connectivity index (χ3v) is 10.3. The van der Waals surface area contributed by atoms with E-state index in [0.29, 0.717) is 38.3 Å². The number of aliphatic hydroxyl groups excluding tert-OH is 1. The summed E-state index contributed by atoms with van der Waals surface area (Å²) in [5.74, 6) is -0.212. The van der Waals surface area contributed by atoms with Gasteiger partial charge in [-0.2, -0.15) is 4.31 Å². The summed E-state index contributed by atoms with van der Waals surface area (Å²) in [6, 6.07) is 10.0. The molecule has 220 valence electrons. The molecular formula is C29H43N5O5S. The maximum Gasteiger partial charge on any atom is 0.264 e. The Morgan fingerprint density at radius 1 is 1.05 bits per heavy atom. The molecule has 0 spiro atoms. The molecule has 0 radical (unpaired) electrons. The summed E-state index contributed by atoms with van der Waals surface area (Å²) in [5.41, 5.74) is 0.773. The van der Waals surface area contributed by atoms with Crippen molar-refractivity contribution >= 4 is 26.8 Å². The van der Waals surface area contributed by atoms with Crippen LogP contribution in [-0.4, -0.2) is 108 Å². The number of hydrogen-bond donors (Lipinski definition) is 2. The number of rotatable bonds is 9. The molecule has 3 aliphatic heterocycles. The van der Waals surface area contributed by atoms with Gasteiger partial charge in [-0.1, -0.05) is 18.2 Å². The maximum atomic E-state index is 13.4. The SMILES string of the molecule is CC(C)n1c(=O)c(C(=O)NC2C[C@H]3CC[C@@H](C2)N3CC(CO)CN2CCN(S(C)(=O)=O)CC2)cc2ccccc21. The topological polar surface area (TPSA) is 115 Å². The highest BCUT2D eigenvalue weighted by molar-refractivity contribution is 7.88. The molecule has 2 unspecified atom stereocenters. The number of hydrogen-bond acceptors (Lipinski definition) is 7. The van der Waals surface area contributed by atoms with Gasteiger partial charge in [-0.3, -0.25) is 14.5 Å². The van der Waals surface area contributed by atoms with Crippen molar-refractivity contribution in [1.82, 2.24) is 24.0 Å². The first kappa shape index (κ1) is 29.2. The highest BCUT2D eigenvalue weighted by Gasteiger charge is 2.42. The number of amides is 1. The Morgan fingerprint density at radius 2 is 1.70 bits per heavy atom. The van der Waals surface area contributed by atoms with Crippen LogP contribution in [0.2, 0.25) is 0 Å². The molecule has 1 amide bonds. The number of pyridine rings is 1. The predicted molar refractivity (Wildman–Crippen MR) is 156 cm³/mol. The number of nitrogens with one attached hydrogen (secondary N) is 1. The summed E-state index contributed by atoms with van der Waals surface area (Å²) in [6.07, 6.45) is 5.06. The molecule has 11 heteroatoms. The average molecular weight is 574 g/mol. The highest BCUT2D eigenvalue weighted by Crippen LogP contribution is 2.36. The quantitative estimate of drug-likeness (QED) is 0.467. The first-order valence-corrected chi connectivity index (χ1v) is 16.4. The average Bonchev–Trinajstić information content (AvgIpc) is 3.14. The second-order valence-corrected chi connectivity index (χ2v) is 14.1. The van der Waals surface area contributed by atoms with Crippen molar-refractivity contribution in [2.45, 2.75) is 63.7 Å². The molecule has 3 fully saturated rings. The van der Waals surface area contributed by atoms with Crippen LogP contribution >= 0.6 is 0 Å². The standard InChI is InChI=1S/C29H43N5O5S/c1-20(2)34-27-7-5-4-6-22(27)14-26(29(34)37)28(36)30-23-15-24-8-9-25(16-23)33(24)18-21(19-35)17-31-10-12-32(13-11-31)40(3,38)39/h4-7,14,20-21,23-25,35H,8-13,15-19H2,1-3H3,(H,30,36)/t21?,23?,24-,25+. The zero-order valence-corrected chi connectivity index (χ0v) is 24.6. The highest BCUT2D eigenvalue weighted by atomic mass is 32.2. The van der Waals surface area contributed by atoms with Crippen LogP contribution in [0.4, 0.5) is 0 Å². The molecule has 1 aromatic carbocycles. The molecule has 4 heterocycles. The van der Waals surface area contributed by atoms with Gasteiger partial charge in [0.05, 0.1) is 11.8 Å². The normalized spacial score (nSPS) is 25.5. The molecule has 10 nitrogen and oxygen atoms in total. The van der Waals surface area contributed by atoms with E-state index in [4.69, 9.17) is 0 Å². The Bertz CT molecular complexity index is 1370. The van der Waals surface area contributed by atoms with Crippen molar-refractivity contribution in [1.29, 1.82) is 0 Å². The van der Waals surface area contributed by atoms with Crippen molar-refractivity contribution in [3.63, 3.8) is 0 Å². The van der Waals surface area contributed by atoms with Gasteiger partial charge < -0.3 is 19.9 Å². The zero-order chi connectivity index (χ0) is 28.6. The van der Waals surface area contributed by atoms with E-state index < -0.39 is 10.0 Å². The van der Waals surface area contributed by atoms with Crippen molar-refractivity contribution in [2.75, 3.05) is 52.1 Å². The molecule has 5 rings (SSSR count). The van der Waals surface area contributed by atoms with Crippen molar-refractivity contribution < 1.29 is 18.3 Å². The number of carbonyl (C=O) groups excluding carboxylic acids is 1. The molecule has 2 N–H and O–H groups in total. The Balaban J connectivity index is 1.20. The number of carbonyl (C=O) groups is 1. The van der Waals surface area contributed by atoms with Crippen LogP contribution in [-0.2, 0) is 10.0 Å². The number of sulfonamides is 1. The van der Waals surface area contributed by atoms with Gasteiger partial charge in [0.2, 0.25) is 10.0 Å². The van der Waals surface area contributed by atoms with E-state index >= 15 is 0 Å². The fraction of sp³-hybridized carbons (Fsp3) is 0.655. The second kappa shape index (κ2) is 11.9. The van der Waals surface area contributed by atoms with Gasteiger partial charge in [-0.25, -0.2) is 8.42 Å². The number of fused-ring (bicyclic) bond motifs is 3. The van der Waals surface area contributed by atoms with E-state index in [-0.39, 0.29) is 41.6 Å². The fourth-order valence-electron chi connectivity index (χ4n) is 6.99. The summed E-state index contributed by atoms with van der Waals surface area (Å²) in [4.78, 5) is 31.5. The van der Waals surface area contributed by atoms with E-state index in [1.165, 1.54) is 10.6 Å². The lowest BCUT2D eigenvalue weighted by Gasteiger charge is -2.42. The third kappa shape index (κ3) is 6.13. The summed E-state index contributed by atoms with van der Waals surface area (Å²) in [5, 5.41) is 14.2. The monoisotopic (exact) mass is 573 g/mol. The minimum atomic E-state index is -3.16. The molecule has 3 saturated heterocycles. The molecule has 0 saturated carbocycles. The molecule has 40 heavy (non-hydrogen) atoms. The molecule has 2 aromatic rings. The number of benzene rings is 1. The van der Waals surface area contributed by atoms with Crippen LogP contribution in [0.5, 0.6) is 0 Å². The Hall–Kier alpha value is -2.31. The van der Waals surface area contributed by atoms with Gasteiger partial charge >= 0.3 is 0 Å². The van der Waals surface area contributed by atoms with Crippen LogP contribution in [0.1, 0.15) is 55.9 Å². The summed E-state index contributed by atoms with van der Waals surface area (Å²) in [7, 11) is -3.16. The van der Waals surface area contributed by atoms with E-state index in [1.807, 2.05) is 38.1 Å². The first-order chi connectivity index (χ1) is 19.0. The Kier molecular flexibility index (Phi) is 8.68. The largest absolute Gasteiger partial charge is 0.396 e. The zero-order valence-electron chi connectivity index (χ0n) is 23.8. The van der Waals surface area contributed by atoms with Crippen LogP contribution in [0.25, 0.3) is 10.9 Å². The number of aromatic nitrogens is 1. The Morgan fingerprint density at radius 3 is 2.30 bits per heavy atom. The van der Waals surface area contributed by atoms with Crippen molar-refractivity contribution in [3.05, 3.63) is 46.2 Å². The van der Waals surface area contributed by atoms with Crippen LogP contribution in [0, 0.1) is 5.92 Å². The van der Waals surface area contributed by atoms with Crippen LogP contribution in [0.15, 0.2) is 35.1 Å². The fourth-order valence-corrected chi connectivity index (χ4v) is 7.82. The number of para-hydroxylation sites is 1. The lowest BCUT2D eigenvalue weighted by atomic mass is 9.95. The van der Waals surface area contributed by atoms with Gasteiger partial charge in [0.1, 0.15) is 5.56 Å². The number of piperidine rings is 1. The van der Waals surface area contributed by atoms with Gasteiger partial charge in [-0.05, 0) is 57.0 Å². The lowest BCUT2D eigenvalue weighted by molar-refractivity contribution is 0.0569. The number of nitrogens with zero attached hydrogens (tertiary/aromatic N) is 4. The summed E-state index contributed by atoms with van der Waals surface area (Å²) < 4.78 is 26.9.